The van der Waals surface area contributed by atoms with Crippen LogP contribution in [0, 0.1) is 11.8 Å². The molecule has 1 saturated heterocycles. The molecule has 1 atom stereocenters. The summed E-state index contributed by atoms with van der Waals surface area (Å²) in [5.41, 5.74) is 3.79. The van der Waals surface area contributed by atoms with Crippen molar-refractivity contribution in [2.45, 2.75) is 65.0 Å². The predicted octanol–water partition coefficient (Wildman–Crippen LogP) is 6.87. The number of alkyl carbamates (subject to hydrolysis) is 1. The highest BCUT2D eigenvalue weighted by Gasteiger charge is 2.24. The van der Waals surface area contributed by atoms with Crippen molar-refractivity contribution < 1.29 is 9.53 Å². The number of carbonyl (C=O) groups excluding carboxylic acids is 1. The van der Waals surface area contributed by atoms with Crippen LogP contribution in [0.15, 0.2) is 60.8 Å². The number of rotatable bonds is 9. The molecule has 1 aliphatic carbocycles. The van der Waals surface area contributed by atoms with Crippen LogP contribution >= 0.6 is 11.6 Å². The monoisotopic (exact) mass is 563 g/mol. The first-order valence-corrected chi connectivity index (χ1v) is 14.5. The maximum atomic E-state index is 12.2. The van der Waals surface area contributed by atoms with Gasteiger partial charge in [-0.15, -0.1) is 0 Å². The molecule has 0 unspecified atom stereocenters. The second kappa shape index (κ2) is 15.0. The zero-order valence-electron chi connectivity index (χ0n) is 22.4. The number of carbonyl (C=O) groups is 1. The molecule has 3 aromatic rings. The summed E-state index contributed by atoms with van der Waals surface area (Å²) in [6.45, 7) is 3.39. The highest BCUT2D eigenvalue weighted by molar-refractivity contribution is 6.33. The van der Waals surface area contributed by atoms with Gasteiger partial charge in [-0.05, 0) is 93.6 Å². The van der Waals surface area contributed by atoms with Crippen molar-refractivity contribution in [2.24, 2.45) is 11.8 Å². The fourth-order valence-corrected chi connectivity index (χ4v) is 5.76. The Labute approximate surface area is 243 Å². The van der Waals surface area contributed by atoms with Crippen molar-refractivity contribution in [3.8, 4) is 11.3 Å². The van der Waals surface area contributed by atoms with Gasteiger partial charge in [-0.3, -0.25) is 4.98 Å². The van der Waals surface area contributed by atoms with Gasteiger partial charge in [-0.25, -0.2) is 9.78 Å². The van der Waals surface area contributed by atoms with Gasteiger partial charge in [0.1, 0.15) is 12.4 Å². The molecule has 40 heavy (non-hydrogen) atoms. The minimum absolute atomic E-state index is 0. The smallest absolute Gasteiger partial charge is 0.407 e. The van der Waals surface area contributed by atoms with Gasteiger partial charge >= 0.3 is 6.09 Å². The van der Waals surface area contributed by atoms with E-state index in [4.69, 9.17) is 21.3 Å². The summed E-state index contributed by atoms with van der Waals surface area (Å²) in [6, 6.07) is 18.0. The van der Waals surface area contributed by atoms with E-state index in [1.54, 1.807) is 6.20 Å². The maximum absolute atomic E-state index is 12.2. The summed E-state index contributed by atoms with van der Waals surface area (Å²) >= 11 is 6.57. The normalized spacial score (nSPS) is 20.7. The third-order valence-corrected chi connectivity index (χ3v) is 8.09. The summed E-state index contributed by atoms with van der Waals surface area (Å²) in [7, 11) is 0. The molecule has 2 aromatic heterocycles. The molecule has 1 saturated carbocycles. The number of amides is 1. The highest BCUT2D eigenvalue weighted by Crippen LogP contribution is 2.31. The number of hydrogen-bond donors (Lipinski definition) is 3. The van der Waals surface area contributed by atoms with Gasteiger partial charge in [-0.2, -0.15) is 0 Å². The number of ether oxygens (including phenoxy) is 1. The van der Waals surface area contributed by atoms with Gasteiger partial charge in [0.05, 0.1) is 10.7 Å². The van der Waals surface area contributed by atoms with E-state index in [2.05, 4.69) is 27.0 Å². The van der Waals surface area contributed by atoms with Gasteiger partial charge < -0.3 is 20.7 Å². The molecule has 1 amide bonds. The SMILES string of the molecule is C.O=C(NC1CCC(Cc2cc(-c3cccc(NC[C@@H]4CCCNC4)n3)c(Cl)cn2)CC1)OCc1ccccc1. The van der Waals surface area contributed by atoms with Gasteiger partial charge in [0.25, 0.3) is 0 Å². The van der Waals surface area contributed by atoms with Crippen molar-refractivity contribution >= 4 is 23.5 Å². The number of aromatic nitrogens is 2. The summed E-state index contributed by atoms with van der Waals surface area (Å²) in [6.07, 6.45) is 8.73. The second-order valence-electron chi connectivity index (χ2n) is 10.8. The minimum atomic E-state index is -0.342. The van der Waals surface area contributed by atoms with Crippen molar-refractivity contribution in [1.82, 2.24) is 20.6 Å². The molecule has 3 heterocycles. The van der Waals surface area contributed by atoms with E-state index in [9.17, 15) is 4.79 Å². The Morgan fingerprint density at radius 3 is 2.62 bits per heavy atom. The van der Waals surface area contributed by atoms with E-state index < -0.39 is 0 Å². The first kappa shape index (κ1) is 29.8. The third-order valence-electron chi connectivity index (χ3n) is 7.79. The number of piperidine rings is 1. The van der Waals surface area contributed by atoms with Crippen LogP contribution in [0.4, 0.5) is 10.6 Å². The summed E-state index contributed by atoms with van der Waals surface area (Å²) in [4.78, 5) is 21.7. The molecule has 0 bridgehead atoms. The Kier molecular flexibility index (Phi) is 11.2. The van der Waals surface area contributed by atoms with E-state index in [0.717, 1.165) is 80.1 Å². The van der Waals surface area contributed by atoms with Gasteiger partial charge in [0.2, 0.25) is 0 Å². The zero-order chi connectivity index (χ0) is 26.9. The summed E-state index contributed by atoms with van der Waals surface area (Å²) in [5.74, 6) is 2.03. The van der Waals surface area contributed by atoms with Crippen molar-refractivity contribution in [3.63, 3.8) is 0 Å². The van der Waals surface area contributed by atoms with Gasteiger partial charge in [-0.1, -0.05) is 55.4 Å². The maximum Gasteiger partial charge on any atom is 0.407 e. The quantitative estimate of drug-likeness (QED) is 0.263. The number of pyridine rings is 2. The van der Waals surface area contributed by atoms with Crippen LogP contribution in [0.3, 0.4) is 0 Å². The third kappa shape index (κ3) is 8.67. The Morgan fingerprint density at radius 2 is 1.85 bits per heavy atom. The topological polar surface area (TPSA) is 88.2 Å². The Bertz CT molecular complexity index is 1210. The largest absolute Gasteiger partial charge is 0.445 e. The standard InChI is InChI=1S/C31H38ClN5O2.CH4/c32-28-20-34-26(17-27(28)29-9-4-10-30(37-29)35-19-24-8-5-15-33-18-24)16-22-11-13-25(14-12-22)36-31(38)39-21-23-6-2-1-3-7-23;/h1-4,6-7,9-10,17,20,22,24-25,33H,5,8,11-16,18-19,21H2,(H,35,37)(H,36,38);1H4/t22?,24-,25?;/m1./s1. The van der Waals surface area contributed by atoms with Crippen molar-refractivity contribution in [1.29, 1.82) is 0 Å². The van der Waals surface area contributed by atoms with E-state index in [1.807, 2.05) is 48.5 Å². The molecule has 0 radical (unpaired) electrons. The fraction of sp³-hybridized carbons (Fsp3) is 0.469. The lowest BCUT2D eigenvalue weighted by molar-refractivity contribution is 0.131. The van der Waals surface area contributed by atoms with Crippen molar-refractivity contribution in [2.75, 3.05) is 25.0 Å². The molecule has 1 aliphatic heterocycles. The molecule has 1 aromatic carbocycles. The Morgan fingerprint density at radius 1 is 1.02 bits per heavy atom. The van der Waals surface area contributed by atoms with Crippen LogP contribution in [0.2, 0.25) is 5.02 Å². The van der Waals surface area contributed by atoms with Crippen molar-refractivity contribution in [3.05, 3.63) is 77.1 Å². The Hall–Kier alpha value is -3.16. The number of halogens is 1. The average molecular weight is 564 g/mol. The Balaban J connectivity index is 0.00000370. The second-order valence-corrected chi connectivity index (χ2v) is 11.2. The van der Waals surface area contributed by atoms with E-state index in [0.29, 0.717) is 23.5 Å². The molecule has 214 valence electrons. The minimum Gasteiger partial charge on any atom is -0.445 e. The number of anilines is 1. The summed E-state index contributed by atoms with van der Waals surface area (Å²) < 4.78 is 5.39. The molecule has 8 heteroatoms. The fourth-order valence-electron chi connectivity index (χ4n) is 5.56. The first-order valence-electron chi connectivity index (χ1n) is 14.2. The number of benzene rings is 1. The van der Waals surface area contributed by atoms with Crippen LogP contribution in [-0.2, 0) is 17.8 Å². The molecule has 0 spiro atoms. The van der Waals surface area contributed by atoms with Crippen LogP contribution in [0.25, 0.3) is 11.3 Å². The van der Waals surface area contributed by atoms with E-state index in [-0.39, 0.29) is 19.6 Å². The van der Waals surface area contributed by atoms with Gasteiger partial charge in [0.15, 0.2) is 0 Å². The molecule has 2 aliphatic rings. The summed E-state index contributed by atoms with van der Waals surface area (Å²) in [5, 5.41) is 10.6. The number of nitrogens with zero attached hydrogens (tertiary/aromatic N) is 2. The average Bonchev–Trinajstić information content (AvgIpc) is 2.98. The van der Waals surface area contributed by atoms with Crippen LogP contribution in [-0.4, -0.2) is 41.7 Å². The van der Waals surface area contributed by atoms with Gasteiger partial charge in [0, 0.05) is 30.0 Å². The zero-order valence-corrected chi connectivity index (χ0v) is 23.1. The molecular weight excluding hydrogens is 522 g/mol. The highest BCUT2D eigenvalue weighted by atomic mass is 35.5. The van der Waals surface area contributed by atoms with E-state index >= 15 is 0 Å². The molecule has 3 N–H and O–H groups in total. The number of hydrogen-bond acceptors (Lipinski definition) is 6. The van der Waals surface area contributed by atoms with E-state index in [1.165, 1.54) is 12.8 Å². The molecule has 5 rings (SSSR count). The first-order chi connectivity index (χ1) is 19.1. The lowest BCUT2D eigenvalue weighted by Gasteiger charge is -2.28. The lowest BCUT2D eigenvalue weighted by atomic mass is 9.83. The lowest BCUT2D eigenvalue weighted by Crippen LogP contribution is -2.38. The molecule has 2 fully saturated rings. The van der Waals surface area contributed by atoms with Crippen LogP contribution in [0.1, 0.15) is 57.2 Å². The van der Waals surface area contributed by atoms with Crippen LogP contribution in [0.5, 0.6) is 0 Å². The van der Waals surface area contributed by atoms with Crippen LogP contribution < -0.4 is 16.0 Å². The number of nitrogens with one attached hydrogen (secondary N) is 3. The molecular formula is C32H42ClN5O2. The predicted molar refractivity (Wildman–Crippen MR) is 163 cm³/mol. The molecule has 7 nitrogen and oxygen atoms in total.